The van der Waals surface area contributed by atoms with Gasteiger partial charge in [-0.25, -0.2) is 0 Å². The summed E-state index contributed by atoms with van der Waals surface area (Å²) in [4.78, 5) is 12.9. The van der Waals surface area contributed by atoms with Crippen LogP contribution in [-0.2, 0) is 16.9 Å². The van der Waals surface area contributed by atoms with E-state index in [1.54, 1.807) is 25.1 Å². The van der Waals surface area contributed by atoms with Gasteiger partial charge >= 0.3 is 0 Å². The smallest absolute Gasteiger partial charge is 0.247 e. The van der Waals surface area contributed by atoms with E-state index in [0.29, 0.717) is 18.0 Å². The predicted octanol–water partition coefficient (Wildman–Crippen LogP) is 4.38. The average molecular weight is 458 g/mol. The van der Waals surface area contributed by atoms with Gasteiger partial charge in [-0.2, -0.15) is 5.10 Å². The Hall–Kier alpha value is -2.80. The molecular formula is C22H24BrN3O3. The van der Waals surface area contributed by atoms with E-state index in [2.05, 4.69) is 26.3 Å². The van der Waals surface area contributed by atoms with Gasteiger partial charge in [0.15, 0.2) is 11.5 Å². The molecule has 3 aromatic rings. The zero-order chi connectivity index (χ0) is 21.0. The lowest BCUT2D eigenvalue weighted by molar-refractivity contribution is -0.129. The highest BCUT2D eigenvalue weighted by Crippen LogP contribution is 2.32. The van der Waals surface area contributed by atoms with Crippen LogP contribution in [0.4, 0.5) is 0 Å². The van der Waals surface area contributed by atoms with E-state index in [4.69, 9.17) is 9.47 Å². The number of benzene rings is 2. The maximum absolute atomic E-state index is 12.9. The van der Waals surface area contributed by atoms with E-state index in [1.165, 1.54) is 0 Å². The highest BCUT2D eigenvalue weighted by atomic mass is 79.9. The Morgan fingerprint density at radius 1 is 1.10 bits per heavy atom. The van der Waals surface area contributed by atoms with E-state index in [-0.39, 0.29) is 5.91 Å². The first-order valence-corrected chi connectivity index (χ1v) is 9.95. The van der Waals surface area contributed by atoms with Crippen LogP contribution in [0.25, 0.3) is 11.1 Å². The zero-order valence-corrected chi connectivity index (χ0v) is 18.5. The van der Waals surface area contributed by atoms with Crippen LogP contribution in [0.15, 0.2) is 59.3 Å². The number of hydrogen-bond donors (Lipinski definition) is 1. The van der Waals surface area contributed by atoms with E-state index in [0.717, 1.165) is 21.2 Å². The van der Waals surface area contributed by atoms with Crippen LogP contribution in [0.3, 0.4) is 0 Å². The van der Waals surface area contributed by atoms with Crippen LogP contribution in [0.2, 0.25) is 0 Å². The zero-order valence-electron chi connectivity index (χ0n) is 16.9. The molecule has 0 unspecified atom stereocenters. The molecule has 0 fully saturated rings. The molecule has 0 saturated heterocycles. The second kappa shape index (κ2) is 8.69. The standard InChI is InChI=1S/C22H24BrN3O3/c1-22(2,21(27)24-12-16-7-5-6-8-18(16)23)26-14-17(13-25-26)15-9-10-19(28-3)20(11-15)29-4/h5-11,13-14H,12H2,1-4H3,(H,24,27). The molecule has 7 heteroatoms. The number of carbonyl (C=O) groups excluding carboxylic acids is 1. The highest BCUT2D eigenvalue weighted by molar-refractivity contribution is 9.10. The molecule has 0 spiro atoms. The fourth-order valence-corrected chi connectivity index (χ4v) is 3.36. The summed E-state index contributed by atoms with van der Waals surface area (Å²) in [5.41, 5.74) is 1.98. The molecule has 0 aliphatic carbocycles. The van der Waals surface area contributed by atoms with Crippen molar-refractivity contribution < 1.29 is 14.3 Å². The lowest BCUT2D eigenvalue weighted by Crippen LogP contribution is -2.44. The first-order valence-electron chi connectivity index (χ1n) is 9.16. The van der Waals surface area contributed by atoms with Gasteiger partial charge in [0.2, 0.25) is 5.91 Å². The Morgan fingerprint density at radius 2 is 1.83 bits per heavy atom. The molecule has 1 N–H and O–H groups in total. The normalized spacial score (nSPS) is 11.2. The number of nitrogens with zero attached hydrogens (tertiary/aromatic N) is 2. The van der Waals surface area contributed by atoms with Crippen molar-refractivity contribution >= 4 is 21.8 Å². The molecule has 1 aromatic heterocycles. The maximum Gasteiger partial charge on any atom is 0.247 e. The number of ether oxygens (including phenoxy) is 2. The molecule has 0 atom stereocenters. The van der Waals surface area contributed by atoms with Gasteiger partial charge in [0.05, 0.1) is 20.4 Å². The summed E-state index contributed by atoms with van der Waals surface area (Å²) in [6.45, 7) is 4.12. The average Bonchev–Trinajstić information content (AvgIpc) is 3.23. The molecule has 2 aromatic carbocycles. The first-order chi connectivity index (χ1) is 13.9. The van der Waals surface area contributed by atoms with E-state index in [9.17, 15) is 4.79 Å². The first kappa shape index (κ1) is 20.9. The van der Waals surface area contributed by atoms with E-state index < -0.39 is 5.54 Å². The molecule has 0 bridgehead atoms. The highest BCUT2D eigenvalue weighted by Gasteiger charge is 2.30. The monoisotopic (exact) mass is 457 g/mol. The Kier molecular flexibility index (Phi) is 6.27. The van der Waals surface area contributed by atoms with Crippen LogP contribution in [0.1, 0.15) is 19.4 Å². The Morgan fingerprint density at radius 3 is 2.52 bits per heavy atom. The molecule has 0 aliphatic heterocycles. The van der Waals surface area contributed by atoms with Crippen molar-refractivity contribution in [2.45, 2.75) is 25.9 Å². The van der Waals surface area contributed by atoms with Crippen LogP contribution >= 0.6 is 15.9 Å². The van der Waals surface area contributed by atoms with Crippen molar-refractivity contribution in [3.63, 3.8) is 0 Å². The Bertz CT molecular complexity index is 1010. The third-order valence-corrected chi connectivity index (χ3v) is 5.60. The maximum atomic E-state index is 12.9. The number of rotatable bonds is 7. The van der Waals surface area contributed by atoms with Crippen molar-refractivity contribution in [3.8, 4) is 22.6 Å². The van der Waals surface area contributed by atoms with Crippen molar-refractivity contribution in [2.75, 3.05) is 14.2 Å². The van der Waals surface area contributed by atoms with Crippen molar-refractivity contribution in [1.82, 2.24) is 15.1 Å². The number of methoxy groups -OCH3 is 2. The van der Waals surface area contributed by atoms with Crippen LogP contribution in [-0.4, -0.2) is 29.9 Å². The molecule has 152 valence electrons. The number of nitrogens with one attached hydrogen (secondary N) is 1. The summed E-state index contributed by atoms with van der Waals surface area (Å²) in [5, 5.41) is 7.43. The summed E-state index contributed by atoms with van der Waals surface area (Å²) in [7, 11) is 3.20. The molecule has 3 rings (SSSR count). The predicted molar refractivity (Wildman–Crippen MR) is 116 cm³/mol. The fourth-order valence-electron chi connectivity index (χ4n) is 2.93. The molecule has 0 aliphatic rings. The van der Waals surface area contributed by atoms with Crippen LogP contribution < -0.4 is 14.8 Å². The lowest BCUT2D eigenvalue weighted by Gasteiger charge is -2.24. The molecule has 29 heavy (non-hydrogen) atoms. The van der Waals surface area contributed by atoms with E-state index >= 15 is 0 Å². The summed E-state index contributed by atoms with van der Waals surface area (Å²) in [5.74, 6) is 1.19. The second-order valence-corrected chi connectivity index (χ2v) is 7.93. The van der Waals surface area contributed by atoms with Crippen molar-refractivity contribution in [1.29, 1.82) is 0 Å². The van der Waals surface area contributed by atoms with Gasteiger partial charge in [0.1, 0.15) is 5.54 Å². The summed E-state index contributed by atoms with van der Waals surface area (Å²) < 4.78 is 13.3. The van der Waals surface area contributed by atoms with E-state index in [1.807, 2.05) is 62.5 Å². The number of carbonyl (C=O) groups is 1. The topological polar surface area (TPSA) is 65.4 Å². The summed E-state index contributed by atoms with van der Waals surface area (Å²) >= 11 is 3.50. The van der Waals surface area contributed by atoms with Crippen LogP contribution in [0.5, 0.6) is 11.5 Å². The molecule has 0 radical (unpaired) electrons. The van der Waals surface area contributed by atoms with Crippen LogP contribution in [0, 0.1) is 0 Å². The van der Waals surface area contributed by atoms with Crippen molar-refractivity contribution in [3.05, 3.63) is 64.9 Å². The van der Waals surface area contributed by atoms with Gasteiger partial charge < -0.3 is 14.8 Å². The Labute approximate surface area is 179 Å². The Balaban J connectivity index is 1.77. The summed E-state index contributed by atoms with van der Waals surface area (Å²) in [6, 6.07) is 13.5. The van der Waals surface area contributed by atoms with Gasteiger partial charge in [0.25, 0.3) is 0 Å². The quantitative estimate of drug-likeness (QED) is 0.571. The van der Waals surface area contributed by atoms with Gasteiger partial charge in [-0.3, -0.25) is 9.48 Å². The molecule has 1 heterocycles. The number of halogens is 1. The van der Waals surface area contributed by atoms with Gasteiger partial charge in [-0.15, -0.1) is 0 Å². The minimum absolute atomic E-state index is 0.116. The second-order valence-electron chi connectivity index (χ2n) is 7.08. The number of hydrogen-bond acceptors (Lipinski definition) is 4. The molecular weight excluding hydrogens is 434 g/mol. The molecule has 0 saturated carbocycles. The molecule has 6 nitrogen and oxygen atoms in total. The largest absolute Gasteiger partial charge is 0.493 e. The molecule has 1 amide bonds. The lowest BCUT2D eigenvalue weighted by atomic mass is 10.0. The minimum atomic E-state index is -0.851. The van der Waals surface area contributed by atoms with Gasteiger partial charge in [-0.05, 0) is 43.2 Å². The third kappa shape index (κ3) is 4.45. The van der Waals surface area contributed by atoms with Gasteiger partial charge in [0, 0.05) is 22.8 Å². The third-order valence-electron chi connectivity index (χ3n) is 4.83. The number of aromatic nitrogens is 2. The van der Waals surface area contributed by atoms with Gasteiger partial charge in [-0.1, -0.05) is 40.2 Å². The van der Waals surface area contributed by atoms with Crippen molar-refractivity contribution in [2.24, 2.45) is 0 Å². The fraction of sp³-hybridized carbons (Fsp3) is 0.273. The SMILES string of the molecule is COc1ccc(-c2cnn(C(C)(C)C(=O)NCc3ccccc3Br)c2)cc1OC. The summed E-state index contributed by atoms with van der Waals surface area (Å²) in [6.07, 6.45) is 3.60. The number of amides is 1. The minimum Gasteiger partial charge on any atom is -0.493 e.